The number of methoxy groups -OCH3 is 1. The van der Waals surface area contributed by atoms with Gasteiger partial charge in [0.1, 0.15) is 12.4 Å². The molecule has 2 aromatic rings. The van der Waals surface area contributed by atoms with Gasteiger partial charge in [-0.2, -0.15) is 0 Å². The molecule has 0 aliphatic rings. The van der Waals surface area contributed by atoms with Crippen molar-refractivity contribution >= 4 is 16.9 Å². The minimum atomic E-state index is -0.412. The molecule has 0 fully saturated rings. The van der Waals surface area contributed by atoms with Crippen LogP contribution in [-0.2, 0) is 16.1 Å². The van der Waals surface area contributed by atoms with Gasteiger partial charge in [0, 0.05) is 23.5 Å². The van der Waals surface area contributed by atoms with Crippen LogP contribution in [0.5, 0.6) is 5.75 Å². The summed E-state index contributed by atoms with van der Waals surface area (Å²) in [7, 11) is 1.54. The van der Waals surface area contributed by atoms with Gasteiger partial charge in [0.15, 0.2) is 5.43 Å². The summed E-state index contributed by atoms with van der Waals surface area (Å²) in [6.07, 6.45) is 0. The first-order chi connectivity index (χ1) is 9.02. The molecule has 1 N–H and O–H groups in total. The van der Waals surface area contributed by atoms with Crippen LogP contribution < -0.4 is 10.2 Å². The largest absolute Gasteiger partial charge is 0.497 e. The first-order valence-electron chi connectivity index (χ1n) is 5.86. The molecule has 0 amide bonds. The summed E-state index contributed by atoms with van der Waals surface area (Å²) in [5, 5.41) is 0.520. The number of fused-ring (bicyclic) bond motifs is 1. The second-order valence-corrected chi connectivity index (χ2v) is 4.25. The Kier molecular flexibility index (Phi) is 3.55. The van der Waals surface area contributed by atoms with Crippen molar-refractivity contribution in [1.82, 2.24) is 4.98 Å². The highest BCUT2D eigenvalue weighted by atomic mass is 16.5. The Morgan fingerprint density at radius 2 is 2.11 bits per heavy atom. The highest BCUT2D eigenvalue weighted by molar-refractivity contribution is 5.81. The van der Waals surface area contributed by atoms with Gasteiger partial charge in [0.2, 0.25) is 0 Å². The Bertz CT molecular complexity index is 688. The van der Waals surface area contributed by atoms with Crippen molar-refractivity contribution in [1.29, 1.82) is 0 Å². The number of nitrogens with one attached hydrogen (secondary N) is 1. The SMILES string of the molecule is COc1ccc2[nH]c(C)c(COC(C)=O)c(=O)c2c1. The number of carbonyl (C=O) groups is 1. The lowest BCUT2D eigenvalue weighted by atomic mass is 10.1. The Labute approximate surface area is 110 Å². The zero-order valence-corrected chi connectivity index (χ0v) is 11.1. The van der Waals surface area contributed by atoms with Crippen LogP contribution in [0.25, 0.3) is 10.9 Å². The Balaban J connectivity index is 2.58. The molecule has 2 rings (SSSR count). The maximum Gasteiger partial charge on any atom is 0.302 e. The number of H-pyrrole nitrogens is 1. The third-order valence-corrected chi connectivity index (χ3v) is 2.94. The number of hydrogen-bond acceptors (Lipinski definition) is 4. The van der Waals surface area contributed by atoms with Gasteiger partial charge in [-0.1, -0.05) is 0 Å². The number of benzene rings is 1. The highest BCUT2D eigenvalue weighted by Crippen LogP contribution is 2.18. The van der Waals surface area contributed by atoms with Crippen molar-refractivity contribution in [3.05, 3.63) is 39.7 Å². The van der Waals surface area contributed by atoms with E-state index in [0.29, 0.717) is 22.4 Å². The fourth-order valence-corrected chi connectivity index (χ4v) is 1.91. The van der Waals surface area contributed by atoms with E-state index in [-0.39, 0.29) is 12.0 Å². The van der Waals surface area contributed by atoms with E-state index in [1.807, 2.05) is 0 Å². The lowest BCUT2D eigenvalue weighted by Crippen LogP contribution is -2.15. The molecule has 19 heavy (non-hydrogen) atoms. The van der Waals surface area contributed by atoms with Gasteiger partial charge in [0.05, 0.1) is 12.7 Å². The van der Waals surface area contributed by atoms with E-state index < -0.39 is 5.97 Å². The lowest BCUT2D eigenvalue weighted by Gasteiger charge is -2.09. The summed E-state index contributed by atoms with van der Waals surface area (Å²) >= 11 is 0. The number of pyridine rings is 1. The molecule has 0 bridgehead atoms. The van der Waals surface area contributed by atoms with E-state index in [4.69, 9.17) is 9.47 Å². The van der Waals surface area contributed by atoms with Crippen LogP contribution in [0.15, 0.2) is 23.0 Å². The quantitative estimate of drug-likeness (QED) is 0.857. The number of carbonyl (C=O) groups excluding carboxylic acids is 1. The Morgan fingerprint density at radius 1 is 1.37 bits per heavy atom. The molecule has 0 aliphatic carbocycles. The van der Waals surface area contributed by atoms with Gasteiger partial charge in [-0.05, 0) is 25.1 Å². The van der Waals surface area contributed by atoms with Crippen molar-refractivity contribution in [2.24, 2.45) is 0 Å². The molecule has 1 heterocycles. The molecule has 100 valence electrons. The summed E-state index contributed by atoms with van der Waals surface area (Å²) in [6, 6.07) is 5.24. The molecule has 0 saturated heterocycles. The zero-order chi connectivity index (χ0) is 14.0. The molecule has 5 nitrogen and oxygen atoms in total. The monoisotopic (exact) mass is 261 g/mol. The van der Waals surface area contributed by atoms with Gasteiger partial charge in [-0.25, -0.2) is 0 Å². The number of aromatic nitrogens is 1. The number of aryl methyl sites for hydroxylation is 1. The molecule has 0 saturated carbocycles. The van der Waals surface area contributed by atoms with Crippen molar-refractivity contribution in [3.63, 3.8) is 0 Å². The fourth-order valence-electron chi connectivity index (χ4n) is 1.91. The van der Waals surface area contributed by atoms with E-state index >= 15 is 0 Å². The normalized spacial score (nSPS) is 10.5. The fraction of sp³-hybridized carbons (Fsp3) is 0.286. The molecule has 0 spiro atoms. The van der Waals surface area contributed by atoms with Crippen LogP contribution in [-0.4, -0.2) is 18.1 Å². The maximum absolute atomic E-state index is 12.4. The summed E-state index contributed by atoms with van der Waals surface area (Å²) in [5.74, 6) is 0.199. The smallest absolute Gasteiger partial charge is 0.302 e. The number of rotatable bonds is 3. The number of hydrogen-bond donors (Lipinski definition) is 1. The number of aromatic amines is 1. The van der Waals surface area contributed by atoms with Crippen molar-refractivity contribution in [3.8, 4) is 5.75 Å². The molecule has 0 unspecified atom stereocenters. The minimum absolute atomic E-state index is 0.0242. The van der Waals surface area contributed by atoms with Gasteiger partial charge in [0.25, 0.3) is 0 Å². The molecular formula is C14H15NO4. The van der Waals surface area contributed by atoms with E-state index in [2.05, 4.69) is 4.98 Å². The van der Waals surface area contributed by atoms with E-state index in [0.717, 1.165) is 5.52 Å². The first-order valence-corrected chi connectivity index (χ1v) is 5.86. The van der Waals surface area contributed by atoms with E-state index in [9.17, 15) is 9.59 Å². The third kappa shape index (κ3) is 2.59. The predicted octanol–water partition coefficient (Wildman–Crippen LogP) is 1.91. The van der Waals surface area contributed by atoms with Gasteiger partial charge >= 0.3 is 5.97 Å². The Hall–Kier alpha value is -2.30. The summed E-state index contributed by atoms with van der Waals surface area (Å²) in [6.45, 7) is 3.07. The highest BCUT2D eigenvalue weighted by Gasteiger charge is 2.11. The van der Waals surface area contributed by atoms with Crippen molar-refractivity contribution in [2.75, 3.05) is 7.11 Å². The zero-order valence-electron chi connectivity index (χ0n) is 11.1. The van der Waals surface area contributed by atoms with Crippen LogP contribution in [0.1, 0.15) is 18.2 Å². The third-order valence-electron chi connectivity index (χ3n) is 2.94. The predicted molar refractivity (Wildman–Crippen MR) is 71.3 cm³/mol. The topological polar surface area (TPSA) is 68.4 Å². The van der Waals surface area contributed by atoms with E-state index in [1.54, 1.807) is 32.2 Å². The second-order valence-electron chi connectivity index (χ2n) is 4.25. The molecule has 0 radical (unpaired) electrons. The van der Waals surface area contributed by atoms with Gasteiger partial charge in [-0.15, -0.1) is 0 Å². The van der Waals surface area contributed by atoms with Crippen LogP contribution in [0.2, 0.25) is 0 Å². The molecule has 5 heteroatoms. The number of ether oxygens (including phenoxy) is 2. The summed E-state index contributed by atoms with van der Waals surface area (Å²) < 4.78 is 10.0. The maximum atomic E-state index is 12.4. The lowest BCUT2D eigenvalue weighted by molar-refractivity contribution is -0.142. The second kappa shape index (κ2) is 5.14. The first kappa shape index (κ1) is 13.1. The summed E-state index contributed by atoms with van der Waals surface area (Å²) in [4.78, 5) is 26.3. The van der Waals surface area contributed by atoms with Gasteiger partial charge < -0.3 is 14.5 Å². The average Bonchev–Trinajstić information content (AvgIpc) is 2.38. The molecular weight excluding hydrogens is 246 g/mol. The van der Waals surface area contributed by atoms with Crippen molar-refractivity contribution in [2.45, 2.75) is 20.5 Å². The molecule has 1 aromatic carbocycles. The summed E-state index contributed by atoms with van der Waals surface area (Å²) in [5.41, 5.74) is 1.74. The van der Waals surface area contributed by atoms with Crippen LogP contribution in [0.4, 0.5) is 0 Å². The van der Waals surface area contributed by atoms with Crippen molar-refractivity contribution < 1.29 is 14.3 Å². The van der Waals surface area contributed by atoms with Crippen LogP contribution in [0, 0.1) is 6.92 Å². The van der Waals surface area contributed by atoms with Crippen LogP contribution >= 0.6 is 0 Å². The van der Waals surface area contributed by atoms with Crippen LogP contribution in [0.3, 0.4) is 0 Å². The van der Waals surface area contributed by atoms with E-state index in [1.165, 1.54) is 6.92 Å². The van der Waals surface area contributed by atoms with Gasteiger partial charge in [-0.3, -0.25) is 9.59 Å². The average molecular weight is 261 g/mol. The molecule has 0 aliphatic heterocycles. The standard InChI is InChI=1S/C14H15NO4/c1-8-12(7-19-9(2)16)14(17)11-6-10(18-3)4-5-13(11)15-8/h4-6H,7H2,1-3H3,(H,15,17). The number of esters is 1. The molecule has 1 aromatic heterocycles. The molecule has 0 atom stereocenters. The Morgan fingerprint density at radius 3 is 2.74 bits per heavy atom. The minimum Gasteiger partial charge on any atom is -0.497 e.